The van der Waals surface area contributed by atoms with Crippen LogP contribution in [0.2, 0.25) is 0 Å². The quantitative estimate of drug-likeness (QED) is 0.809. The van der Waals surface area contributed by atoms with Crippen molar-refractivity contribution in [1.82, 2.24) is 4.72 Å². The fraction of sp³-hybridized carbons (Fsp3) is 0.538. The third-order valence-electron chi connectivity index (χ3n) is 3.39. The summed E-state index contributed by atoms with van der Waals surface area (Å²) in [7, 11) is -3.88. The first kappa shape index (κ1) is 15.2. The molecule has 0 aromatic heterocycles. The number of nitrogens with one attached hydrogen (secondary N) is 1. The van der Waals surface area contributed by atoms with Crippen molar-refractivity contribution >= 4 is 15.7 Å². The van der Waals surface area contributed by atoms with Gasteiger partial charge < -0.3 is 10.5 Å². The lowest BCUT2D eigenvalue weighted by atomic mass is 10.2. The zero-order valence-corrected chi connectivity index (χ0v) is 12.2. The van der Waals surface area contributed by atoms with Crippen LogP contribution in [-0.2, 0) is 14.8 Å². The van der Waals surface area contributed by atoms with E-state index in [1.165, 1.54) is 0 Å². The van der Waals surface area contributed by atoms with Gasteiger partial charge in [-0.2, -0.15) is 0 Å². The molecule has 7 heteroatoms. The number of rotatable bonds is 5. The van der Waals surface area contributed by atoms with Crippen LogP contribution in [0.5, 0.6) is 0 Å². The second kappa shape index (κ2) is 6.07. The fourth-order valence-corrected chi connectivity index (χ4v) is 3.32. The topological polar surface area (TPSA) is 81.4 Å². The number of nitrogen functional groups attached to an aromatic ring is 1. The van der Waals surface area contributed by atoms with Gasteiger partial charge in [-0.15, -0.1) is 0 Å². The molecule has 5 nitrogen and oxygen atoms in total. The van der Waals surface area contributed by atoms with Gasteiger partial charge in [0.15, 0.2) is 0 Å². The number of hydrogen-bond acceptors (Lipinski definition) is 4. The van der Waals surface area contributed by atoms with E-state index in [1.54, 1.807) is 6.92 Å². The lowest BCUT2D eigenvalue weighted by Crippen LogP contribution is -2.28. The lowest BCUT2D eigenvalue weighted by Gasteiger charge is -2.12. The van der Waals surface area contributed by atoms with E-state index >= 15 is 0 Å². The van der Waals surface area contributed by atoms with Crippen LogP contribution in [0.4, 0.5) is 10.1 Å². The number of aryl methyl sites for hydroxylation is 1. The SMILES string of the molecule is Cc1cc(F)c(S(=O)(=O)NCCC2CCCO2)cc1N. The van der Waals surface area contributed by atoms with Crippen molar-refractivity contribution in [2.24, 2.45) is 0 Å². The summed E-state index contributed by atoms with van der Waals surface area (Å²) in [4.78, 5) is -0.409. The maximum absolute atomic E-state index is 13.8. The minimum Gasteiger partial charge on any atom is -0.398 e. The van der Waals surface area contributed by atoms with E-state index < -0.39 is 20.7 Å². The molecular formula is C13H19FN2O3S. The molecule has 20 heavy (non-hydrogen) atoms. The first-order chi connectivity index (χ1) is 9.40. The van der Waals surface area contributed by atoms with E-state index in [1.807, 2.05) is 0 Å². The van der Waals surface area contributed by atoms with Gasteiger partial charge in [0, 0.05) is 18.8 Å². The summed E-state index contributed by atoms with van der Waals surface area (Å²) in [6.07, 6.45) is 2.61. The van der Waals surface area contributed by atoms with Gasteiger partial charge >= 0.3 is 0 Å². The highest BCUT2D eigenvalue weighted by molar-refractivity contribution is 7.89. The van der Waals surface area contributed by atoms with Gasteiger partial charge in [-0.05, 0) is 43.9 Å². The summed E-state index contributed by atoms with van der Waals surface area (Å²) in [5.41, 5.74) is 6.41. The van der Waals surface area contributed by atoms with Gasteiger partial charge in [0.25, 0.3) is 0 Å². The van der Waals surface area contributed by atoms with Gasteiger partial charge in [-0.25, -0.2) is 17.5 Å². The summed E-state index contributed by atoms with van der Waals surface area (Å²) in [6, 6.07) is 2.28. The second-order valence-corrected chi connectivity index (χ2v) is 6.70. The standard InChI is InChI=1S/C13H19FN2O3S/c1-9-7-11(14)13(8-12(9)15)20(17,18)16-5-4-10-3-2-6-19-10/h7-8,10,16H,2-6,15H2,1H3. The Labute approximate surface area is 118 Å². The van der Waals surface area contributed by atoms with Crippen LogP contribution in [0.1, 0.15) is 24.8 Å². The van der Waals surface area contributed by atoms with Crippen molar-refractivity contribution in [3.05, 3.63) is 23.5 Å². The molecule has 1 aromatic rings. The number of ether oxygens (including phenoxy) is 1. The first-order valence-electron chi connectivity index (χ1n) is 6.57. The molecule has 1 aliphatic heterocycles. The molecule has 0 amide bonds. The Kier molecular flexibility index (Phi) is 4.62. The molecule has 1 aromatic carbocycles. The molecule has 1 atom stereocenters. The average Bonchev–Trinajstić information content (AvgIpc) is 2.86. The third kappa shape index (κ3) is 3.47. The maximum Gasteiger partial charge on any atom is 0.243 e. The molecule has 1 saturated heterocycles. The van der Waals surface area contributed by atoms with Crippen molar-refractivity contribution in [2.75, 3.05) is 18.9 Å². The molecule has 2 rings (SSSR count). The van der Waals surface area contributed by atoms with Crippen molar-refractivity contribution < 1.29 is 17.5 Å². The van der Waals surface area contributed by atoms with Gasteiger partial charge in [-0.3, -0.25) is 0 Å². The zero-order valence-electron chi connectivity index (χ0n) is 11.4. The maximum atomic E-state index is 13.8. The Morgan fingerprint density at radius 2 is 2.25 bits per heavy atom. The van der Waals surface area contributed by atoms with Gasteiger partial charge in [0.05, 0.1) is 6.10 Å². The summed E-state index contributed by atoms with van der Waals surface area (Å²) >= 11 is 0. The molecule has 3 N–H and O–H groups in total. The number of anilines is 1. The normalized spacial score (nSPS) is 19.4. The molecule has 0 bridgehead atoms. The molecule has 1 unspecified atom stereocenters. The van der Waals surface area contributed by atoms with E-state index in [4.69, 9.17) is 10.5 Å². The summed E-state index contributed by atoms with van der Waals surface area (Å²) in [6.45, 7) is 2.57. The number of benzene rings is 1. The summed E-state index contributed by atoms with van der Waals surface area (Å²) < 4.78 is 45.6. The average molecular weight is 302 g/mol. The largest absolute Gasteiger partial charge is 0.398 e. The van der Waals surface area contributed by atoms with Crippen LogP contribution in [0.15, 0.2) is 17.0 Å². The van der Waals surface area contributed by atoms with Crippen molar-refractivity contribution in [3.63, 3.8) is 0 Å². The molecule has 0 aliphatic carbocycles. The van der Waals surface area contributed by atoms with Crippen molar-refractivity contribution in [2.45, 2.75) is 37.2 Å². The fourth-order valence-electron chi connectivity index (χ4n) is 2.18. The molecule has 1 heterocycles. The highest BCUT2D eigenvalue weighted by Gasteiger charge is 2.21. The van der Waals surface area contributed by atoms with Crippen LogP contribution in [-0.4, -0.2) is 27.7 Å². The molecule has 0 saturated carbocycles. The highest BCUT2D eigenvalue weighted by atomic mass is 32.2. The van der Waals surface area contributed by atoms with Crippen LogP contribution in [0.25, 0.3) is 0 Å². The van der Waals surface area contributed by atoms with E-state index in [0.29, 0.717) is 12.0 Å². The Bertz CT molecular complexity index is 584. The molecule has 0 spiro atoms. The van der Waals surface area contributed by atoms with Crippen LogP contribution in [0.3, 0.4) is 0 Å². The third-order valence-corrected chi connectivity index (χ3v) is 4.87. The molecule has 112 valence electrons. The van der Waals surface area contributed by atoms with Gasteiger partial charge in [0.2, 0.25) is 10.0 Å². The van der Waals surface area contributed by atoms with Crippen LogP contribution >= 0.6 is 0 Å². The summed E-state index contributed by atoms with van der Waals surface area (Å²) in [5, 5.41) is 0. The molecule has 0 radical (unpaired) electrons. The van der Waals surface area contributed by atoms with Crippen LogP contribution < -0.4 is 10.5 Å². The Hall–Kier alpha value is -1.18. The number of hydrogen-bond donors (Lipinski definition) is 2. The smallest absolute Gasteiger partial charge is 0.243 e. The first-order valence-corrected chi connectivity index (χ1v) is 8.05. The Balaban J connectivity index is 2.04. The number of sulfonamides is 1. The van der Waals surface area contributed by atoms with Gasteiger partial charge in [0.1, 0.15) is 10.7 Å². The monoisotopic (exact) mass is 302 g/mol. The highest BCUT2D eigenvalue weighted by Crippen LogP contribution is 2.21. The molecular weight excluding hydrogens is 283 g/mol. The molecule has 1 aliphatic rings. The summed E-state index contributed by atoms with van der Waals surface area (Å²) in [5.74, 6) is -0.790. The predicted octanol–water partition coefficient (Wildman–Crippen LogP) is 1.56. The number of nitrogens with two attached hydrogens (primary N) is 1. The minimum absolute atomic E-state index is 0.0886. The van der Waals surface area contributed by atoms with E-state index in [0.717, 1.165) is 31.6 Å². The Morgan fingerprint density at radius 3 is 2.90 bits per heavy atom. The predicted molar refractivity (Wildman–Crippen MR) is 74.3 cm³/mol. The van der Waals surface area contributed by atoms with E-state index in [2.05, 4.69) is 4.72 Å². The van der Waals surface area contributed by atoms with Gasteiger partial charge in [-0.1, -0.05) is 0 Å². The minimum atomic E-state index is -3.88. The Morgan fingerprint density at radius 1 is 1.50 bits per heavy atom. The second-order valence-electron chi connectivity index (χ2n) is 4.96. The molecule has 1 fully saturated rings. The lowest BCUT2D eigenvalue weighted by molar-refractivity contribution is 0.105. The number of halogens is 1. The zero-order chi connectivity index (χ0) is 14.8. The van der Waals surface area contributed by atoms with Crippen molar-refractivity contribution in [1.29, 1.82) is 0 Å². The van der Waals surface area contributed by atoms with Crippen molar-refractivity contribution in [3.8, 4) is 0 Å². The van der Waals surface area contributed by atoms with E-state index in [-0.39, 0.29) is 18.3 Å². The van der Waals surface area contributed by atoms with E-state index in [9.17, 15) is 12.8 Å². The van der Waals surface area contributed by atoms with Crippen LogP contribution in [0, 0.1) is 12.7 Å².